The maximum atomic E-state index is 12.4. The Bertz CT molecular complexity index is 1040. The molecule has 5 heteroatoms. The first-order valence-electron chi connectivity index (χ1n) is 8.52. The monoisotopic (exact) mass is 332 g/mol. The number of nitrogens with one attached hydrogen (secondary N) is 2. The van der Waals surface area contributed by atoms with E-state index in [-0.39, 0.29) is 5.91 Å². The molecule has 5 nitrogen and oxygen atoms in total. The zero-order valence-corrected chi connectivity index (χ0v) is 14.1. The van der Waals surface area contributed by atoms with Crippen molar-refractivity contribution >= 4 is 27.8 Å². The van der Waals surface area contributed by atoms with E-state index in [1.54, 1.807) is 0 Å². The quantitative estimate of drug-likeness (QED) is 0.588. The SMILES string of the molecule is CCn1c(CNC(=O)Cc2c[nH]c3ccccc23)nc2ccccc21. The number of aryl methyl sites for hydroxylation is 1. The standard InChI is InChI=1S/C20H20N4O/c1-2-24-18-10-6-5-9-17(18)23-19(24)13-22-20(25)11-14-12-21-16-8-4-3-7-15(14)16/h3-10,12,21H,2,11,13H2,1H3,(H,22,25). The zero-order chi connectivity index (χ0) is 17.2. The average Bonchev–Trinajstić information content (AvgIpc) is 3.21. The highest BCUT2D eigenvalue weighted by molar-refractivity contribution is 5.88. The topological polar surface area (TPSA) is 62.7 Å². The Labute approximate surface area is 145 Å². The summed E-state index contributed by atoms with van der Waals surface area (Å²) in [5.74, 6) is 0.885. The summed E-state index contributed by atoms with van der Waals surface area (Å²) in [7, 11) is 0. The number of H-pyrrole nitrogens is 1. The number of nitrogens with zero attached hydrogens (tertiary/aromatic N) is 2. The molecule has 2 N–H and O–H groups in total. The Kier molecular flexibility index (Phi) is 3.98. The number of benzene rings is 2. The van der Waals surface area contributed by atoms with Crippen LogP contribution in [0.1, 0.15) is 18.3 Å². The summed E-state index contributed by atoms with van der Waals surface area (Å²) in [5.41, 5.74) is 4.13. The number of fused-ring (bicyclic) bond motifs is 2. The Morgan fingerprint density at radius 3 is 2.84 bits per heavy atom. The predicted octanol–water partition coefficient (Wildman–Crippen LogP) is 3.40. The van der Waals surface area contributed by atoms with Gasteiger partial charge in [-0.1, -0.05) is 30.3 Å². The minimum atomic E-state index is -0.000498. The van der Waals surface area contributed by atoms with E-state index in [4.69, 9.17) is 0 Å². The van der Waals surface area contributed by atoms with E-state index in [1.807, 2.05) is 48.7 Å². The van der Waals surface area contributed by atoms with E-state index < -0.39 is 0 Å². The zero-order valence-electron chi connectivity index (χ0n) is 14.1. The van der Waals surface area contributed by atoms with Crippen LogP contribution < -0.4 is 5.32 Å². The van der Waals surface area contributed by atoms with Gasteiger partial charge in [-0.3, -0.25) is 4.79 Å². The fourth-order valence-corrected chi connectivity index (χ4v) is 3.30. The molecule has 0 aliphatic carbocycles. The lowest BCUT2D eigenvalue weighted by atomic mass is 10.1. The summed E-state index contributed by atoms with van der Waals surface area (Å²) < 4.78 is 2.14. The molecule has 0 bridgehead atoms. The van der Waals surface area contributed by atoms with Crippen LogP contribution in [0, 0.1) is 0 Å². The molecular formula is C20H20N4O. The fraction of sp³-hybridized carbons (Fsp3) is 0.200. The Balaban J connectivity index is 1.49. The van der Waals surface area contributed by atoms with Gasteiger partial charge in [0.2, 0.25) is 5.91 Å². The van der Waals surface area contributed by atoms with Gasteiger partial charge in [0, 0.05) is 23.6 Å². The number of carbonyl (C=O) groups excluding carboxylic acids is 1. The van der Waals surface area contributed by atoms with Crippen LogP contribution in [0.15, 0.2) is 54.7 Å². The molecule has 0 radical (unpaired) electrons. The van der Waals surface area contributed by atoms with E-state index >= 15 is 0 Å². The van der Waals surface area contributed by atoms with Crippen LogP contribution in [0.25, 0.3) is 21.9 Å². The third-order valence-electron chi connectivity index (χ3n) is 4.52. The summed E-state index contributed by atoms with van der Waals surface area (Å²) in [6.45, 7) is 3.35. The van der Waals surface area contributed by atoms with Crippen molar-refractivity contribution in [1.82, 2.24) is 19.9 Å². The summed E-state index contributed by atoms with van der Waals surface area (Å²) >= 11 is 0. The van der Waals surface area contributed by atoms with Crippen molar-refractivity contribution in [2.75, 3.05) is 0 Å². The van der Waals surface area contributed by atoms with Gasteiger partial charge in [-0.15, -0.1) is 0 Å². The van der Waals surface area contributed by atoms with Crippen molar-refractivity contribution < 1.29 is 4.79 Å². The number of carbonyl (C=O) groups is 1. The van der Waals surface area contributed by atoms with Crippen molar-refractivity contribution in [2.45, 2.75) is 26.4 Å². The molecule has 0 aliphatic heterocycles. The lowest BCUT2D eigenvalue weighted by Crippen LogP contribution is -2.26. The van der Waals surface area contributed by atoms with Crippen LogP contribution in [0.2, 0.25) is 0 Å². The van der Waals surface area contributed by atoms with Gasteiger partial charge in [0.15, 0.2) is 0 Å². The highest BCUT2D eigenvalue weighted by Crippen LogP contribution is 2.18. The minimum Gasteiger partial charge on any atom is -0.361 e. The molecule has 0 fully saturated rings. The molecule has 0 aliphatic rings. The predicted molar refractivity (Wildman–Crippen MR) is 99.3 cm³/mol. The molecule has 0 unspecified atom stereocenters. The van der Waals surface area contributed by atoms with Gasteiger partial charge in [-0.25, -0.2) is 4.98 Å². The van der Waals surface area contributed by atoms with Crippen LogP contribution >= 0.6 is 0 Å². The van der Waals surface area contributed by atoms with Crippen LogP contribution in [0.5, 0.6) is 0 Å². The number of rotatable bonds is 5. The van der Waals surface area contributed by atoms with Crippen molar-refractivity contribution in [1.29, 1.82) is 0 Å². The molecule has 0 atom stereocenters. The number of hydrogen-bond acceptors (Lipinski definition) is 2. The Morgan fingerprint density at radius 2 is 1.96 bits per heavy atom. The first-order chi connectivity index (χ1) is 12.3. The first-order valence-corrected chi connectivity index (χ1v) is 8.52. The van der Waals surface area contributed by atoms with Crippen molar-refractivity contribution in [3.63, 3.8) is 0 Å². The minimum absolute atomic E-state index is 0.000498. The normalized spacial score (nSPS) is 11.2. The smallest absolute Gasteiger partial charge is 0.224 e. The van der Waals surface area contributed by atoms with Gasteiger partial charge >= 0.3 is 0 Å². The van der Waals surface area contributed by atoms with Gasteiger partial charge in [-0.2, -0.15) is 0 Å². The van der Waals surface area contributed by atoms with Crippen LogP contribution in [-0.2, 0) is 24.3 Å². The van der Waals surface area contributed by atoms with Gasteiger partial charge in [-0.05, 0) is 30.7 Å². The molecule has 0 saturated carbocycles. The second-order valence-electron chi connectivity index (χ2n) is 6.07. The molecule has 4 aromatic rings. The Morgan fingerprint density at radius 1 is 1.16 bits per heavy atom. The number of amides is 1. The second kappa shape index (κ2) is 6.43. The van der Waals surface area contributed by atoms with Crippen molar-refractivity contribution in [3.05, 3.63) is 66.1 Å². The molecule has 0 spiro atoms. The molecule has 2 heterocycles. The van der Waals surface area contributed by atoms with Crippen molar-refractivity contribution in [2.24, 2.45) is 0 Å². The summed E-state index contributed by atoms with van der Waals surface area (Å²) in [4.78, 5) is 20.2. The van der Waals surface area contributed by atoms with Gasteiger partial charge in [0.05, 0.1) is 24.0 Å². The van der Waals surface area contributed by atoms with E-state index in [9.17, 15) is 4.79 Å². The summed E-state index contributed by atoms with van der Waals surface area (Å²) in [6.07, 6.45) is 2.27. The van der Waals surface area contributed by atoms with Crippen molar-refractivity contribution in [3.8, 4) is 0 Å². The van der Waals surface area contributed by atoms with Gasteiger partial charge in [0.1, 0.15) is 5.82 Å². The van der Waals surface area contributed by atoms with Crippen LogP contribution in [-0.4, -0.2) is 20.4 Å². The molecule has 126 valence electrons. The van der Waals surface area contributed by atoms with Crippen LogP contribution in [0.3, 0.4) is 0 Å². The lowest BCUT2D eigenvalue weighted by Gasteiger charge is -2.07. The number of aromatic nitrogens is 3. The van der Waals surface area contributed by atoms with E-state index in [0.717, 1.165) is 39.9 Å². The fourth-order valence-electron chi connectivity index (χ4n) is 3.30. The molecule has 2 aromatic carbocycles. The largest absolute Gasteiger partial charge is 0.361 e. The van der Waals surface area contributed by atoms with Gasteiger partial charge in [0.25, 0.3) is 0 Å². The van der Waals surface area contributed by atoms with Gasteiger partial charge < -0.3 is 14.9 Å². The Hall–Kier alpha value is -3.08. The molecule has 4 rings (SSSR count). The lowest BCUT2D eigenvalue weighted by molar-refractivity contribution is -0.120. The molecular weight excluding hydrogens is 312 g/mol. The van der Waals surface area contributed by atoms with E-state index in [1.165, 1.54) is 0 Å². The molecule has 25 heavy (non-hydrogen) atoms. The molecule has 0 saturated heterocycles. The maximum absolute atomic E-state index is 12.4. The highest BCUT2D eigenvalue weighted by Gasteiger charge is 2.12. The highest BCUT2D eigenvalue weighted by atomic mass is 16.1. The summed E-state index contributed by atoms with van der Waals surface area (Å²) in [6, 6.07) is 16.1. The molecule has 1 amide bonds. The third-order valence-corrected chi connectivity index (χ3v) is 4.52. The number of imidazole rings is 1. The number of para-hydroxylation sites is 3. The van der Waals surface area contributed by atoms with E-state index in [0.29, 0.717) is 13.0 Å². The number of aromatic amines is 1. The summed E-state index contributed by atoms with van der Waals surface area (Å²) in [5, 5.41) is 4.10. The second-order valence-corrected chi connectivity index (χ2v) is 6.07. The van der Waals surface area contributed by atoms with Crippen LogP contribution in [0.4, 0.5) is 0 Å². The average molecular weight is 332 g/mol. The number of hydrogen-bond donors (Lipinski definition) is 2. The third kappa shape index (κ3) is 2.89. The first kappa shape index (κ1) is 15.4. The maximum Gasteiger partial charge on any atom is 0.224 e. The molecule has 2 aromatic heterocycles. The van der Waals surface area contributed by atoms with E-state index in [2.05, 4.69) is 32.8 Å².